The zero-order chi connectivity index (χ0) is 12.6. The number of hydrogen-bond donors (Lipinski definition) is 0. The highest BCUT2D eigenvalue weighted by Gasteiger charge is 2.48. The van der Waals surface area contributed by atoms with Crippen LogP contribution < -0.4 is 0 Å². The molecule has 0 bridgehead atoms. The maximum atomic E-state index is 13.8. The maximum Gasteiger partial charge on any atom is 0.255 e. The number of likely N-dealkylation sites (tertiary alicyclic amines) is 2. The number of hydrogen-bond acceptors (Lipinski definition) is 2. The van der Waals surface area contributed by atoms with E-state index in [1.54, 1.807) is 13.8 Å². The molecule has 2 atom stereocenters. The zero-order valence-electron chi connectivity index (χ0n) is 11.1. The molecular formula is C13H24F2N2. The summed E-state index contributed by atoms with van der Waals surface area (Å²) in [5, 5.41) is 0. The molecule has 0 aromatic rings. The third kappa shape index (κ3) is 2.63. The van der Waals surface area contributed by atoms with Crippen molar-refractivity contribution in [2.75, 3.05) is 33.2 Å². The third-order valence-electron chi connectivity index (χ3n) is 4.54. The Bertz CT molecular complexity index is 248. The highest BCUT2D eigenvalue weighted by atomic mass is 19.3. The van der Waals surface area contributed by atoms with E-state index in [4.69, 9.17) is 0 Å². The molecule has 2 rings (SSSR count). The Morgan fingerprint density at radius 1 is 1.00 bits per heavy atom. The van der Waals surface area contributed by atoms with Crippen LogP contribution in [0.3, 0.4) is 0 Å². The summed E-state index contributed by atoms with van der Waals surface area (Å²) in [7, 11) is 2.13. The van der Waals surface area contributed by atoms with Crippen LogP contribution in [0.2, 0.25) is 0 Å². The second-order valence-corrected chi connectivity index (χ2v) is 5.96. The monoisotopic (exact) mass is 246 g/mol. The van der Waals surface area contributed by atoms with E-state index in [0.717, 1.165) is 25.9 Å². The van der Waals surface area contributed by atoms with Crippen molar-refractivity contribution in [1.29, 1.82) is 0 Å². The Morgan fingerprint density at radius 2 is 1.47 bits per heavy atom. The number of rotatable bonds is 1. The Labute approximate surface area is 103 Å². The van der Waals surface area contributed by atoms with Gasteiger partial charge in [0.05, 0.1) is 0 Å². The van der Waals surface area contributed by atoms with Crippen molar-refractivity contribution in [3.8, 4) is 0 Å². The van der Waals surface area contributed by atoms with E-state index in [1.165, 1.54) is 0 Å². The topological polar surface area (TPSA) is 6.48 Å². The smallest absolute Gasteiger partial charge is 0.255 e. The first kappa shape index (κ1) is 13.2. The van der Waals surface area contributed by atoms with Crippen LogP contribution in [0.5, 0.6) is 0 Å². The summed E-state index contributed by atoms with van der Waals surface area (Å²) in [5.74, 6) is -3.50. The SMILES string of the molecule is CC1CN(C2CCN(C)CC2)CC(C)C1(F)F. The van der Waals surface area contributed by atoms with Gasteiger partial charge in [-0.05, 0) is 33.0 Å². The summed E-state index contributed by atoms with van der Waals surface area (Å²) >= 11 is 0. The van der Waals surface area contributed by atoms with Crippen LogP contribution in [0.4, 0.5) is 8.78 Å². The molecule has 0 aromatic carbocycles. The Balaban J connectivity index is 1.95. The van der Waals surface area contributed by atoms with Crippen molar-refractivity contribution in [2.45, 2.75) is 38.7 Å². The quantitative estimate of drug-likeness (QED) is 0.700. The van der Waals surface area contributed by atoms with Crippen LogP contribution in [-0.2, 0) is 0 Å². The number of halogens is 2. The first-order chi connectivity index (χ1) is 7.91. The van der Waals surface area contributed by atoms with Gasteiger partial charge in [-0.15, -0.1) is 0 Å². The average Bonchev–Trinajstić information content (AvgIpc) is 2.27. The van der Waals surface area contributed by atoms with Crippen LogP contribution in [0.25, 0.3) is 0 Å². The molecule has 17 heavy (non-hydrogen) atoms. The summed E-state index contributed by atoms with van der Waals surface area (Å²) in [6.45, 7) is 6.70. The van der Waals surface area contributed by atoms with E-state index in [9.17, 15) is 8.78 Å². The Hall–Kier alpha value is -0.220. The summed E-state index contributed by atoms with van der Waals surface area (Å²) in [4.78, 5) is 4.63. The molecule has 4 heteroatoms. The first-order valence-electron chi connectivity index (χ1n) is 6.71. The number of piperidine rings is 2. The molecule has 0 radical (unpaired) electrons. The van der Waals surface area contributed by atoms with Gasteiger partial charge in [-0.25, -0.2) is 8.78 Å². The second-order valence-electron chi connectivity index (χ2n) is 5.96. The van der Waals surface area contributed by atoms with Gasteiger partial charge < -0.3 is 4.90 Å². The van der Waals surface area contributed by atoms with E-state index >= 15 is 0 Å². The lowest BCUT2D eigenvalue weighted by atomic mass is 9.85. The lowest BCUT2D eigenvalue weighted by Crippen LogP contribution is -2.56. The molecule has 2 fully saturated rings. The van der Waals surface area contributed by atoms with E-state index in [2.05, 4.69) is 16.8 Å². The molecule has 2 aliphatic heterocycles. The van der Waals surface area contributed by atoms with Crippen molar-refractivity contribution < 1.29 is 8.78 Å². The summed E-state index contributed by atoms with van der Waals surface area (Å²) in [5.41, 5.74) is 0. The maximum absolute atomic E-state index is 13.8. The van der Waals surface area contributed by atoms with Crippen LogP contribution in [0.1, 0.15) is 26.7 Å². The minimum absolute atomic E-state index is 0.508. The highest BCUT2D eigenvalue weighted by Crippen LogP contribution is 2.38. The van der Waals surface area contributed by atoms with Gasteiger partial charge in [-0.1, -0.05) is 13.8 Å². The van der Waals surface area contributed by atoms with Crippen molar-refractivity contribution in [3.05, 3.63) is 0 Å². The fourth-order valence-electron chi connectivity index (χ4n) is 3.17. The number of alkyl halides is 2. The molecule has 2 aliphatic rings. The predicted molar refractivity (Wildman–Crippen MR) is 65.4 cm³/mol. The Morgan fingerprint density at radius 3 is 1.94 bits per heavy atom. The second kappa shape index (κ2) is 4.81. The van der Waals surface area contributed by atoms with Gasteiger partial charge >= 0.3 is 0 Å². The molecule has 0 aromatic heterocycles. The molecule has 0 aliphatic carbocycles. The zero-order valence-corrected chi connectivity index (χ0v) is 11.1. The molecule has 0 N–H and O–H groups in total. The van der Waals surface area contributed by atoms with E-state index < -0.39 is 17.8 Å². The first-order valence-corrected chi connectivity index (χ1v) is 6.71. The average molecular weight is 246 g/mol. The summed E-state index contributed by atoms with van der Waals surface area (Å²) in [6, 6.07) is 0.521. The molecule has 2 heterocycles. The standard InChI is InChI=1S/C13H24F2N2/c1-10-8-17(9-11(2)13(10,14)15)12-4-6-16(3)7-5-12/h10-12H,4-9H2,1-3H3. The molecule has 100 valence electrons. The third-order valence-corrected chi connectivity index (χ3v) is 4.54. The van der Waals surface area contributed by atoms with Crippen LogP contribution in [-0.4, -0.2) is 55.0 Å². The normalized spacial score (nSPS) is 37.2. The minimum atomic E-state index is -2.48. The Kier molecular flexibility index (Phi) is 3.74. The van der Waals surface area contributed by atoms with Gasteiger partial charge in [-0.3, -0.25) is 4.90 Å². The van der Waals surface area contributed by atoms with Gasteiger partial charge in [0.25, 0.3) is 5.92 Å². The van der Waals surface area contributed by atoms with Gasteiger partial charge in [0.15, 0.2) is 0 Å². The van der Waals surface area contributed by atoms with Crippen molar-refractivity contribution in [1.82, 2.24) is 9.80 Å². The van der Waals surface area contributed by atoms with Gasteiger partial charge in [-0.2, -0.15) is 0 Å². The predicted octanol–water partition coefficient (Wildman–Crippen LogP) is 2.30. The van der Waals surface area contributed by atoms with Crippen LogP contribution >= 0.6 is 0 Å². The molecular weight excluding hydrogens is 222 g/mol. The van der Waals surface area contributed by atoms with Crippen LogP contribution in [0, 0.1) is 11.8 Å². The highest BCUT2D eigenvalue weighted by molar-refractivity contribution is 4.92. The number of nitrogens with zero attached hydrogens (tertiary/aromatic N) is 2. The molecule has 0 saturated carbocycles. The van der Waals surface area contributed by atoms with E-state index in [-0.39, 0.29) is 0 Å². The van der Waals surface area contributed by atoms with Crippen molar-refractivity contribution in [2.24, 2.45) is 11.8 Å². The van der Waals surface area contributed by atoms with Crippen molar-refractivity contribution >= 4 is 0 Å². The molecule has 0 amide bonds. The van der Waals surface area contributed by atoms with Crippen molar-refractivity contribution in [3.63, 3.8) is 0 Å². The fourth-order valence-corrected chi connectivity index (χ4v) is 3.17. The summed E-state index contributed by atoms with van der Waals surface area (Å²) < 4.78 is 27.5. The molecule has 0 spiro atoms. The summed E-state index contributed by atoms with van der Waals surface area (Å²) in [6.07, 6.45) is 2.25. The van der Waals surface area contributed by atoms with E-state index in [1.807, 2.05) is 0 Å². The fraction of sp³-hybridized carbons (Fsp3) is 1.00. The lowest BCUT2D eigenvalue weighted by Gasteiger charge is -2.46. The van der Waals surface area contributed by atoms with Gasteiger partial charge in [0.2, 0.25) is 0 Å². The van der Waals surface area contributed by atoms with E-state index in [0.29, 0.717) is 19.1 Å². The molecule has 2 saturated heterocycles. The largest absolute Gasteiger partial charge is 0.306 e. The van der Waals surface area contributed by atoms with Crippen LogP contribution in [0.15, 0.2) is 0 Å². The lowest BCUT2D eigenvalue weighted by molar-refractivity contribution is -0.147. The molecule has 2 nitrogen and oxygen atoms in total. The van der Waals surface area contributed by atoms with Gasteiger partial charge in [0, 0.05) is 31.0 Å². The minimum Gasteiger partial charge on any atom is -0.306 e. The van der Waals surface area contributed by atoms with Gasteiger partial charge in [0.1, 0.15) is 0 Å². The molecule has 2 unspecified atom stereocenters.